The van der Waals surface area contributed by atoms with Crippen LogP contribution in [-0.2, 0) is 0 Å². The van der Waals surface area contributed by atoms with Crippen molar-refractivity contribution in [2.24, 2.45) is 5.92 Å². The molecule has 1 saturated heterocycles. The van der Waals surface area contributed by atoms with Crippen LogP contribution in [0, 0.1) is 5.92 Å². The van der Waals surface area contributed by atoms with Gasteiger partial charge in [-0.3, -0.25) is 0 Å². The van der Waals surface area contributed by atoms with Crippen LogP contribution in [0.15, 0.2) is 0 Å². The second-order valence-corrected chi connectivity index (χ2v) is 9.64. The molecule has 1 heterocycles. The van der Waals surface area contributed by atoms with Crippen LogP contribution < -0.4 is 0 Å². The Bertz CT molecular complexity index is 87.3. The van der Waals surface area contributed by atoms with Crippen LogP contribution in [0.25, 0.3) is 0 Å². The summed E-state index contributed by atoms with van der Waals surface area (Å²) in [4.78, 5) is 0. The van der Waals surface area contributed by atoms with Gasteiger partial charge in [0, 0.05) is 0 Å². The molecule has 10 heavy (non-hydrogen) atoms. The maximum atomic E-state index is 3.81. The Balaban J connectivity index is 2.13. The lowest BCUT2D eigenvalue weighted by atomic mass is 9.98. The van der Waals surface area contributed by atoms with Crippen molar-refractivity contribution >= 4 is 22.7 Å². The van der Waals surface area contributed by atoms with Crippen LogP contribution in [0.4, 0.5) is 0 Å². The van der Waals surface area contributed by atoms with Crippen molar-refractivity contribution in [2.75, 3.05) is 0 Å². The van der Waals surface area contributed by atoms with Crippen molar-refractivity contribution in [1.82, 2.24) is 0 Å². The SMILES string of the molecule is CCCC1CC[SiH](Br)CC1. The highest BCUT2D eigenvalue weighted by Crippen LogP contribution is 2.30. The molecule has 0 radical (unpaired) electrons. The van der Waals surface area contributed by atoms with Crippen LogP contribution in [0.5, 0.6) is 0 Å². The summed E-state index contributed by atoms with van der Waals surface area (Å²) in [5, 5.41) is 0. The normalized spacial score (nSPS) is 34.2. The lowest BCUT2D eigenvalue weighted by molar-refractivity contribution is 0.436. The van der Waals surface area contributed by atoms with E-state index in [1.165, 1.54) is 25.7 Å². The summed E-state index contributed by atoms with van der Waals surface area (Å²) in [6.07, 6.45) is 5.92. The summed E-state index contributed by atoms with van der Waals surface area (Å²) in [6, 6.07) is 3.09. The van der Waals surface area contributed by atoms with Crippen molar-refractivity contribution in [3.63, 3.8) is 0 Å². The fraction of sp³-hybridized carbons (Fsp3) is 1.00. The van der Waals surface area contributed by atoms with Gasteiger partial charge in [-0.2, -0.15) is 0 Å². The summed E-state index contributed by atoms with van der Waals surface area (Å²) in [6.45, 7) is 2.30. The monoisotopic (exact) mass is 220 g/mol. The lowest BCUT2D eigenvalue weighted by Crippen LogP contribution is -2.15. The fourth-order valence-electron chi connectivity index (χ4n) is 1.82. The van der Waals surface area contributed by atoms with Crippen LogP contribution in [-0.4, -0.2) is 7.42 Å². The summed E-state index contributed by atoms with van der Waals surface area (Å²) in [7, 11) is -0.345. The van der Waals surface area contributed by atoms with E-state index in [4.69, 9.17) is 0 Å². The van der Waals surface area contributed by atoms with Gasteiger partial charge in [0.05, 0.1) is 0 Å². The Morgan fingerprint density at radius 3 is 2.50 bits per heavy atom. The van der Waals surface area contributed by atoms with Gasteiger partial charge in [-0.25, -0.2) is 0 Å². The molecule has 1 aliphatic rings. The molecule has 0 nitrogen and oxygen atoms in total. The second-order valence-electron chi connectivity index (χ2n) is 3.41. The molecule has 0 N–H and O–H groups in total. The molecule has 0 spiro atoms. The first-order valence-corrected chi connectivity index (χ1v) is 9.28. The van der Waals surface area contributed by atoms with Crippen molar-refractivity contribution in [3.8, 4) is 0 Å². The molecule has 0 aromatic rings. The standard InChI is InChI=1S/C8H17BrSi/c1-2-3-8-4-6-10(9)7-5-8/h8,10H,2-7H2,1H3. The van der Waals surface area contributed by atoms with E-state index in [0.29, 0.717) is 0 Å². The van der Waals surface area contributed by atoms with E-state index >= 15 is 0 Å². The molecule has 0 atom stereocenters. The highest BCUT2D eigenvalue weighted by Gasteiger charge is 2.18. The number of hydrogen-bond acceptors (Lipinski definition) is 0. The summed E-state index contributed by atoms with van der Waals surface area (Å²) in [5.74, 6) is 1.09. The topological polar surface area (TPSA) is 0 Å². The molecule has 0 saturated carbocycles. The predicted molar refractivity (Wildman–Crippen MR) is 53.3 cm³/mol. The summed E-state index contributed by atoms with van der Waals surface area (Å²) in [5.41, 5.74) is 0. The third kappa shape index (κ3) is 2.75. The summed E-state index contributed by atoms with van der Waals surface area (Å²) >= 11 is 3.81. The van der Waals surface area contributed by atoms with E-state index in [1.54, 1.807) is 12.1 Å². The average molecular weight is 221 g/mol. The van der Waals surface area contributed by atoms with Gasteiger partial charge in [0.1, 0.15) is 7.42 Å². The molecule has 2 heteroatoms. The molecule has 0 aromatic heterocycles. The molecule has 1 aliphatic heterocycles. The minimum Gasteiger partial charge on any atom is -0.131 e. The van der Waals surface area contributed by atoms with Gasteiger partial charge in [-0.05, 0) is 18.0 Å². The quantitative estimate of drug-likeness (QED) is 0.495. The largest absolute Gasteiger partial charge is 0.131 e. The zero-order chi connectivity index (χ0) is 7.40. The Kier molecular flexibility index (Phi) is 4.00. The van der Waals surface area contributed by atoms with Crippen molar-refractivity contribution < 1.29 is 0 Å². The van der Waals surface area contributed by atoms with Crippen LogP contribution in [0.1, 0.15) is 32.6 Å². The summed E-state index contributed by atoms with van der Waals surface area (Å²) < 4.78 is 0. The maximum Gasteiger partial charge on any atom is 0.114 e. The molecule has 60 valence electrons. The first-order chi connectivity index (χ1) is 4.83. The first-order valence-electron chi connectivity index (χ1n) is 4.47. The Morgan fingerprint density at radius 1 is 1.40 bits per heavy atom. The van der Waals surface area contributed by atoms with E-state index in [0.717, 1.165) is 5.92 Å². The molecule has 1 rings (SSSR count). The van der Waals surface area contributed by atoms with Gasteiger partial charge in [-0.15, -0.1) is 15.3 Å². The number of hydrogen-bond donors (Lipinski definition) is 0. The molecule has 1 fully saturated rings. The lowest BCUT2D eigenvalue weighted by Gasteiger charge is -2.23. The molecular weight excluding hydrogens is 204 g/mol. The maximum absolute atomic E-state index is 3.81. The van der Waals surface area contributed by atoms with Gasteiger partial charge in [0.25, 0.3) is 0 Å². The van der Waals surface area contributed by atoms with Gasteiger partial charge in [0.15, 0.2) is 0 Å². The van der Waals surface area contributed by atoms with Gasteiger partial charge < -0.3 is 0 Å². The van der Waals surface area contributed by atoms with Gasteiger partial charge in [-0.1, -0.05) is 32.6 Å². The number of rotatable bonds is 2. The smallest absolute Gasteiger partial charge is 0.114 e. The predicted octanol–water partition coefficient (Wildman–Crippen LogP) is 3.32. The van der Waals surface area contributed by atoms with Crippen molar-refractivity contribution in [1.29, 1.82) is 0 Å². The molecule has 0 aromatic carbocycles. The zero-order valence-corrected chi connectivity index (χ0v) is 9.52. The Hall–Kier alpha value is 0.697. The highest BCUT2D eigenvalue weighted by molar-refractivity contribution is 9.24. The van der Waals surface area contributed by atoms with Crippen LogP contribution in [0.3, 0.4) is 0 Å². The third-order valence-corrected chi connectivity index (χ3v) is 7.14. The fourth-order valence-corrected chi connectivity index (χ4v) is 5.36. The second kappa shape index (κ2) is 4.55. The van der Waals surface area contributed by atoms with E-state index < -0.39 is 0 Å². The minimum absolute atomic E-state index is 0.345. The molecule has 0 amide bonds. The first kappa shape index (κ1) is 8.79. The van der Waals surface area contributed by atoms with Gasteiger partial charge in [0.2, 0.25) is 0 Å². The van der Waals surface area contributed by atoms with E-state index in [1.807, 2.05) is 0 Å². The molecule has 0 unspecified atom stereocenters. The highest BCUT2D eigenvalue weighted by atomic mass is 79.9. The van der Waals surface area contributed by atoms with Crippen LogP contribution in [0.2, 0.25) is 12.1 Å². The molecule has 0 aliphatic carbocycles. The molecule has 0 bridgehead atoms. The van der Waals surface area contributed by atoms with E-state index in [2.05, 4.69) is 22.2 Å². The van der Waals surface area contributed by atoms with Crippen LogP contribution >= 0.6 is 15.3 Å². The van der Waals surface area contributed by atoms with Crippen molar-refractivity contribution in [2.45, 2.75) is 44.7 Å². The van der Waals surface area contributed by atoms with Crippen molar-refractivity contribution in [3.05, 3.63) is 0 Å². The van der Waals surface area contributed by atoms with E-state index in [-0.39, 0.29) is 7.42 Å². The average Bonchev–Trinajstić information content (AvgIpc) is 1.95. The van der Waals surface area contributed by atoms with Gasteiger partial charge >= 0.3 is 0 Å². The van der Waals surface area contributed by atoms with E-state index in [9.17, 15) is 0 Å². The Labute approximate surface area is 73.6 Å². The zero-order valence-electron chi connectivity index (χ0n) is 6.78. The number of halogens is 1. The molecular formula is C8H17BrSi. The minimum atomic E-state index is -0.345. The Morgan fingerprint density at radius 2 is 2.00 bits per heavy atom. The third-order valence-electron chi connectivity index (χ3n) is 2.47.